The van der Waals surface area contributed by atoms with Crippen LogP contribution in [0.15, 0.2) is 28.7 Å². The predicted molar refractivity (Wildman–Crippen MR) is 80.2 cm³/mol. The van der Waals surface area contributed by atoms with Crippen LogP contribution in [0.5, 0.6) is 5.75 Å². The number of hydrogen-bond donors (Lipinski definition) is 2. The van der Waals surface area contributed by atoms with E-state index in [1.54, 1.807) is 19.2 Å². The lowest BCUT2D eigenvalue weighted by Crippen LogP contribution is -2.09. The molecule has 1 aromatic carbocycles. The van der Waals surface area contributed by atoms with Crippen LogP contribution in [0.3, 0.4) is 0 Å². The van der Waals surface area contributed by atoms with Gasteiger partial charge in [-0.15, -0.1) is 0 Å². The van der Waals surface area contributed by atoms with Crippen LogP contribution in [0.25, 0.3) is 0 Å². The highest BCUT2D eigenvalue weighted by Crippen LogP contribution is 2.31. The third kappa shape index (κ3) is 3.18. The second-order valence-electron chi connectivity index (χ2n) is 4.95. The van der Waals surface area contributed by atoms with Gasteiger partial charge in [0.1, 0.15) is 17.3 Å². The van der Waals surface area contributed by atoms with Gasteiger partial charge in [0, 0.05) is 5.56 Å². The molecule has 2 aromatic rings. The van der Waals surface area contributed by atoms with Crippen molar-refractivity contribution in [2.24, 2.45) is 0 Å². The molecule has 2 rings (SSSR count). The van der Waals surface area contributed by atoms with Crippen molar-refractivity contribution in [1.82, 2.24) is 0 Å². The lowest BCUT2D eigenvalue weighted by Gasteiger charge is -2.17. The van der Waals surface area contributed by atoms with Gasteiger partial charge in [-0.05, 0) is 45.0 Å². The number of nitrogens with one attached hydrogen (secondary N) is 1. The van der Waals surface area contributed by atoms with E-state index in [1.165, 1.54) is 6.07 Å². The summed E-state index contributed by atoms with van der Waals surface area (Å²) in [5.74, 6) is 1.33. The van der Waals surface area contributed by atoms with Gasteiger partial charge in [0.25, 0.3) is 0 Å². The van der Waals surface area contributed by atoms with E-state index in [4.69, 9.17) is 14.3 Å². The molecule has 0 aliphatic rings. The molecule has 0 amide bonds. The van der Waals surface area contributed by atoms with E-state index >= 15 is 0 Å². The topological polar surface area (TPSA) is 71.7 Å². The van der Waals surface area contributed by atoms with E-state index in [-0.39, 0.29) is 11.6 Å². The number of anilines is 1. The standard InChI is InChI=1S/C16H19NO4/c1-9-7-13(11(3)21-9)10(2)17-14-8-12(16(18)19)5-6-15(14)20-4/h5-8,10,17H,1-4H3,(H,18,19). The Morgan fingerprint density at radius 3 is 2.57 bits per heavy atom. The summed E-state index contributed by atoms with van der Waals surface area (Å²) in [6, 6.07) is 6.68. The van der Waals surface area contributed by atoms with Gasteiger partial charge in [0.2, 0.25) is 0 Å². The fourth-order valence-electron chi connectivity index (χ4n) is 2.35. The number of hydrogen-bond acceptors (Lipinski definition) is 4. The molecule has 21 heavy (non-hydrogen) atoms. The first-order valence-electron chi connectivity index (χ1n) is 6.67. The van der Waals surface area contributed by atoms with E-state index in [2.05, 4.69) is 5.32 Å². The molecular weight excluding hydrogens is 270 g/mol. The van der Waals surface area contributed by atoms with E-state index in [9.17, 15) is 4.79 Å². The average Bonchev–Trinajstić information content (AvgIpc) is 2.77. The van der Waals surface area contributed by atoms with E-state index in [0.717, 1.165) is 17.1 Å². The smallest absolute Gasteiger partial charge is 0.335 e. The molecule has 5 heteroatoms. The second-order valence-corrected chi connectivity index (χ2v) is 4.95. The third-order valence-electron chi connectivity index (χ3n) is 3.36. The van der Waals surface area contributed by atoms with Crippen molar-refractivity contribution in [1.29, 1.82) is 0 Å². The van der Waals surface area contributed by atoms with Crippen LogP contribution in [0.1, 0.15) is 40.4 Å². The summed E-state index contributed by atoms with van der Waals surface area (Å²) in [5.41, 5.74) is 1.89. The lowest BCUT2D eigenvalue weighted by atomic mass is 10.1. The Bertz CT molecular complexity index is 660. The molecular formula is C16H19NO4. The molecule has 112 valence electrons. The number of carbonyl (C=O) groups is 1. The zero-order valence-corrected chi connectivity index (χ0v) is 12.6. The number of benzene rings is 1. The molecule has 0 radical (unpaired) electrons. The van der Waals surface area contributed by atoms with Crippen LogP contribution in [0.2, 0.25) is 0 Å². The Morgan fingerprint density at radius 1 is 1.33 bits per heavy atom. The Hall–Kier alpha value is -2.43. The summed E-state index contributed by atoms with van der Waals surface area (Å²) in [5, 5.41) is 12.4. The van der Waals surface area contributed by atoms with Crippen molar-refractivity contribution in [3.05, 3.63) is 46.9 Å². The monoisotopic (exact) mass is 289 g/mol. The molecule has 0 spiro atoms. The molecule has 2 N–H and O–H groups in total. The van der Waals surface area contributed by atoms with E-state index in [1.807, 2.05) is 26.8 Å². The number of carboxylic acids is 1. The Balaban J connectivity index is 2.31. The Labute approximate surface area is 123 Å². The first-order chi connectivity index (χ1) is 9.92. The van der Waals surface area contributed by atoms with Crippen LogP contribution >= 0.6 is 0 Å². The summed E-state index contributed by atoms with van der Waals surface area (Å²) in [6.45, 7) is 5.80. The van der Waals surface area contributed by atoms with Crippen molar-refractivity contribution < 1.29 is 19.1 Å². The summed E-state index contributed by atoms with van der Waals surface area (Å²) in [7, 11) is 1.55. The molecule has 5 nitrogen and oxygen atoms in total. The fraction of sp³-hybridized carbons (Fsp3) is 0.312. The summed E-state index contributed by atoms with van der Waals surface area (Å²) >= 11 is 0. The zero-order valence-electron chi connectivity index (χ0n) is 12.6. The van der Waals surface area contributed by atoms with Gasteiger partial charge in [-0.1, -0.05) is 0 Å². The minimum atomic E-state index is -0.969. The number of furan rings is 1. The van der Waals surface area contributed by atoms with Gasteiger partial charge in [0.15, 0.2) is 0 Å². The zero-order chi connectivity index (χ0) is 15.6. The second kappa shape index (κ2) is 5.91. The summed E-state index contributed by atoms with van der Waals surface area (Å²) in [4.78, 5) is 11.1. The molecule has 1 aromatic heterocycles. The maximum Gasteiger partial charge on any atom is 0.335 e. The minimum absolute atomic E-state index is 0.0274. The van der Waals surface area contributed by atoms with E-state index in [0.29, 0.717) is 11.4 Å². The van der Waals surface area contributed by atoms with Crippen LogP contribution in [-0.2, 0) is 0 Å². The molecule has 0 aliphatic carbocycles. The predicted octanol–water partition coefficient (Wildman–Crippen LogP) is 3.78. The number of aryl methyl sites for hydroxylation is 2. The largest absolute Gasteiger partial charge is 0.495 e. The maximum absolute atomic E-state index is 11.1. The van der Waals surface area contributed by atoms with E-state index < -0.39 is 5.97 Å². The number of aromatic carboxylic acids is 1. The highest BCUT2D eigenvalue weighted by Gasteiger charge is 2.15. The molecule has 1 heterocycles. The first-order valence-corrected chi connectivity index (χ1v) is 6.67. The van der Waals surface area contributed by atoms with Crippen molar-refractivity contribution in [2.75, 3.05) is 12.4 Å². The highest BCUT2D eigenvalue weighted by molar-refractivity contribution is 5.89. The first kappa shape index (κ1) is 15.0. The van der Waals surface area contributed by atoms with Gasteiger partial charge in [-0.2, -0.15) is 0 Å². The number of methoxy groups -OCH3 is 1. The quantitative estimate of drug-likeness (QED) is 0.876. The molecule has 0 saturated heterocycles. The van der Waals surface area contributed by atoms with Gasteiger partial charge in [0.05, 0.1) is 24.4 Å². The number of ether oxygens (including phenoxy) is 1. The van der Waals surface area contributed by atoms with Crippen LogP contribution in [0, 0.1) is 13.8 Å². The summed E-state index contributed by atoms with van der Waals surface area (Å²) < 4.78 is 10.8. The average molecular weight is 289 g/mol. The maximum atomic E-state index is 11.1. The van der Waals surface area contributed by atoms with Crippen molar-refractivity contribution in [2.45, 2.75) is 26.8 Å². The van der Waals surface area contributed by atoms with Crippen molar-refractivity contribution >= 4 is 11.7 Å². The molecule has 1 atom stereocenters. The minimum Gasteiger partial charge on any atom is -0.495 e. The lowest BCUT2D eigenvalue weighted by molar-refractivity contribution is 0.0697. The van der Waals surface area contributed by atoms with Crippen LogP contribution in [-0.4, -0.2) is 18.2 Å². The van der Waals surface area contributed by atoms with Crippen LogP contribution < -0.4 is 10.1 Å². The molecule has 1 unspecified atom stereocenters. The number of rotatable bonds is 5. The van der Waals surface area contributed by atoms with Crippen LogP contribution in [0.4, 0.5) is 5.69 Å². The van der Waals surface area contributed by atoms with Crippen molar-refractivity contribution in [3.8, 4) is 5.75 Å². The fourth-order valence-corrected chi connectivity index (χ4v) is 2.35. The summed E-state index contributed by atoms with van der Waals surface area (Å²) in [6.07, 6.45) is 0. The number of carboxylic acid groups (broad SMARTS) is 1. The van der Waals surface area contributed by atoms with Gasteiger partial charge >= 0.3 is 5.97 Å². The SMILES string of the molecule is COc1ccc(C(=O)O)cc1NC(C)c1cc(C)oc1C. The molecule has 0 aliphatic heterocycles. The molecule has 0 fully saturated rings. The molecule has 0 saturated carbocycles. The Kier molecular flexibility index (Phi) is 4.21. The third-order valence-corrected chi connectivity index (χ3v) is 3.36. The normalized spacial score (nSPS) is 12.0. The Morgan fingerprint density at radius 2 is 2.05 bits per heavy atom. The molecule has 0 bridgehead atoms. The highest BCUT2D eigenvalue weighted by atomic mass is 16.5. The van der Waals surface area contributed by atoms with Crippen molar-refractivity contribution in [3.63, 3.8) is 0 Å². The van der Waals surface area contributed by atoms with Gasteiger partial charge in [-0.3, -0.25) is 0 Å². The van der Waals surface area contributed by atoms with Gasteiger partial charge < -0.3 is 19.6 Å². The van der Waals surface area contributed by atoms with Gasteiger partial charge in [-0.25, -0.2) is 4.79 Å².